The molecule has 2 heterocycles. The third kappa shape index (κ3) is 4.51. The van der Waals surface area contributed by atoms with Crippen molar-refractivity contribution < 1.29 is 4.79 Å². The predicted octanol–water partition coefficient (Wildman–Crippen LogP) is 5.37. The molecule has 4 heteroatoms. The number of thiophene rings is 1. The van der Waals surface area contributed by atoms with Crippen LogP contribution in [0.5, 0.6) is 0 Å². The fourth-order valence-electron chi connectivity index (χ4n) is 3.89. The van der Waals surface area contributed by atoms with Crippen molar-refractivity contribution >= 4 is 17.2 Å². The van der Waals surface area contributed by atoms with Crippen molar-refractivity contribution in [3.8, 4) is 11.1 Å². The van der Waals surface area contributed by atoms with Gasteiger partial charge in [0.25, 0.3) is 5.91 Å². The van der Waals surface area contributed by atoms with Crippen LogP contribution in [0.25, 0.3) is 11.1 Å². The van der Waals surface area contributed by atoms with Crippen LogP contribution in [0.15, 0.2) is 71.4 Å². The summed E-state index contributed by atoms with van der Waals surface area (Å²) >= 11 is 1.72. The molecule has 144 valence electrons. The molecule has 0 bridgehead atoms. The number of nitrogens with one attached hydrogen (secondary N) is 1. The first-order valence-corrected chi connectivity index (χ1v) is 11.0. The van der Waals surface area contributed by atoms with Crippen molar-refractivity contribution in [3.63, 3.8) is 0 Å². The van der Waals surface area contributed by atoms with Crippen molar-refractivity contribution in [2.24, 2.45) is 0 Å². The molecule has 1 unspecified atom stereocenters. The van der Waals surface area contributed by atoms with E-state index in [4.69, 9.17) is 0 Å². The summed E-state index contributed by atoms with van der Waals surface area (Å²) in [6.07, 6.45) is 3.80. The molecule has 1 amide bonds. The normalized spacial score (nSPS) is 15.9. The Morgan fingerprint density at radius 2 is 1.64 bits per heavy atom. The minimum Gasteiger partial charge on any atom is -0.350 e. The summed E-state index contributed by atoms with van der Waals surface area (Å²) < 4.78 is 0. The van der Waals surface area contributed by atoms with E-state index in [1.807, 2.05) is 42.5 Å². The van der Waals surface area contributed by atoms with Gasteiger partial charge in [0.05, 0.1) is 6.04 Å². The van der Waals surface area contributed by atoms with E-state index in [9.17, 15) is 4.79 Å². The van der Waals surface area contributed by atoms with Crippen molar-refractivity contribution in [1.82, 2.24) is 10.2 Å². The summed E-state index contributed by atoms with van der Waals surface area (Å²) in [5.74, 6) is -0.00292. The summed E-state index contributed by atoms with van der Waals surface area (Å²) in [6.45, 7) is 2.88. The molecular weight excluding hydrogens is 364 g/mol. The smallest absolute Gasteiger partial charge is 0.251 e. The molecule has 1 N–H and O–H groups in total. The number of nitrogens with zero attached hydrogens (tertiary/aromatic N) is 1. The Balaban J connectivity index is 1.42. The minimum atomic E-state index is -0.00292. The molecule has 2 aromatic carbocycles. The fourth-order valence-corrected chi connectivity index (χ4v) is 4.60. The van der Waals surface area contributed by atoms with Gasteiger partial charge in [-0.3, -0.25) is 9.69 Å². The lowest BCUT2D eigenvalue weighted by molar-refractivity contribution is 0.0924. The van der Waals surface area contributed by atoms with Crippen LogP contribution in [-0.4, -0.2) is 30.4 Å². The number of hydrogen-bond donors (Lipinski definition) is 1. The van der Waals surface area contributed by atoms with Gasteiger partial charge in [-0.2, -0.15) is 11.3 Å². The zero-order valence-corrected chi connectivity index (χ0v) is 16.8. The van der Waals surface area contributed by atoms with E-state index < -0.39 is 0 Å². The second kappa shape index (κ2) is 9.18. The van der Waals surface area contributed by atoms with E-state index in [1.165, 1.54) is 24.8 Å². The van der Waals surface area contributed by atoms with Gasteiger partial charge >= 0.3 is 0 Å². The Morgan fingerprint density at radius 3 is 2.32 bits per heavy atom. The second-order valence-corrected chi connectivity index (χ2v) is 8.10. The first kappa shape index (κ1) is 18.9. The van der Waals surface area contributed by atoms with Crippen molar-refractivity contribution in [1.29, 1.82) is 0 Å². The monoisotopic (exact) mass is 390 g/mol. The molecule has 3 aromatic rings. The zero-order valence-electron chi connectivity index (χ0n) is 16.0. The molecule has 0 radical (unpaired) electrons. The van der Waals surface area contributed by atoms with E-state index in [1.54, 1.807) is 11.3 Å². The topological polar surface area (TPSA) is 32.3 Å². The van der Waals surface area contributed by atoms with Gasteiger partial charge in [0, 0.05) is 12.1 Å². The standard InChI is InChI=1S/C24H26N2OS/c27-24(21-11-9-20(10-12-21)19-7-3-1-4-8-19)25-17-23(22-13-16-28-18-22)26-14-5-2-6-15-26/h1,3-4,7-13,16,18,23H,2,5-6,14-15,17H2,(H,25,27). The molecule has 4 rings (SSSR count). The summed E-state index contributed by atoms with van der Waals surface area (Å²) in [5.41, 5.74) is 4.31. The Kier molecular flexibility index (Phi) is 6.20. The lowest BCUT2D eigenvalue weighted by Gasteiger charge is -2.34. The van der Waals surface area contributed by atoms with Gasteiger partial charge < -0.3 is 5.32 Å². The minimum absolute atomic E-state index is 0.00292. The molecule has 0 spiro atoms. The van der Waals surface area contributed by atoms with Crippen molar-refractivity contribution in [2.75, 3.05) is 19.6 Å². The van der Waals surface area contributed by atoms with Crippen molar-refractivity contribution in [2.45, 2.75) is 25.3 Å². The molecular formula is C24H26N2OS. The zero-order chi connectivity index (χ0) is 19.2. The highest BCUT2D eigenvalue weighted by molar-refractivity contribution is 7.07. The molecule has 0 aliphatic carbocycles. The number of piperidine rings is 1. The number of hydrogen-bond acceptors (Lipinski definition) is 3. The van der Waals surface area contributed by atoms with Crippen molar-refractivity contribution in [3.05, 3.63) is 82.6 Å². The summed E-state index contributed by atoms with van der Waals surface area (Å²) in [7, 11) is 0. The molecule has 3 nitrogen and oxygen atoms in total. The Morgan fingerprint density at radius 1 is 0.929 bits per heavy atom. The quantitative estimate of drug-likeness (QED) is 0.613. The SMILES string of the molecule is O=C(NCC(c1ccsc1)N1CCCCC1)c1ccc(-c2ccccc2)cc1. The third-order valence-corrected chi connectivity index (χ3v) is 6.17. The van der Waals surface area contributed by atoms with Crippen LogP contribution in [0.1, 0.15) is 41.2 Å². The van der Waals surface area contributed by atoms with E-state index in [-0.39, 0.29) is 11.9 Å². The lowest BCUT2D eigenvalue weighted by atomic mass is 10.0. The van der Waals surface area contributed by atoms with Gasteiger partial charge in [-0.25, -0.2) is 0 Å². The van der Waals surface area contributed by atoms with Crippen LogP contribution in [0.4, 0.5) is 0 Å². The number of rotatable bonds is 6. The van der Waals surface area contributed by atoms with E-state index in [2.05, 4.69) is 39.2 Å². The Labute approximate surface area is 171 Å². The molecule has 1 aromatic heterocycles. The molecule has 1 fully saturated rings. The molecule has 1 aliphatic rings. The summed E-state index contributed by atoms with van der Waals surface area (Å²) in [5, 5.41) is 7.50. The Bertz CT molecular complexity index is 869. The van der Waals surface area contributed by atoms with E-state index in [0.29, 0.717) is 12.1 Å². The maximum Gasteiger partial charge on any atom is 0.251 e. The van der Waals surface area contributed by atoms with Gasteiger partial charge in [0.1, 0.15) is 0 Å². The maximum atomic E-state index is 12.7. The average Bonchev–Trinajstić information content (AvgIpc) is 3.30. The fraction of sp³-hybridized carbons (Fsp3) is 0.292. The maximum absolute atomic E-state index is 12.7. The second-order valence-electron chi connectivity index (χ2n) is 7.32. The van der Waals surface area contributed by atoms with Crippen LogP contribution < -0.4 is 5.32 Å². The van der Waals surface area contributed by atoms with Gasteiger partial charge in [0.2, 0.25) is 0 Å². The number of carbonyl (C=O) groups is 1. The van der Waals surface area contributed by atoms with Crippen LogP contribution in [-0.2, 0) is 0 Å². The molecule has 0 saturated carbocycles. The Hall–Kier alpha value is -2.43. The van der Waals surface area contributed by atoms with Crippen LogP contribution in [0, 0.1) is 0 Å². The van der Waals surface area contributed by atoms with E-state index >= 15 is 0 Å². The largest absolute Gasteiger partial charge is 0.350 e. The van der Waals surface area contributed by atoms with Crippen LogP contribution in [0.3, 0.4) is 0 Å². The number of likely N-dealkylation sites (tertiary alicyclic amines) is 1. The highest BCUT2D eigenvalue weighted by atomic mass is 32.1. The average molecular weight is 391 g/mol. The lowest BCUT2D eigenvalue weighted by Crippen LogP contribution is -2.40. The first-order valence-electron chi connectivity index (χ1n) is 10.0. The molecule has 1 aliphatic heterocycles. The third-order valence-electron chi connectivity index (χ3n) is 5.47. The van der Waals surface area contributed by atoms with Crippen LogP contribution in [0.2, 0.25) is 0 Å². The summed E-state index contributed by atoms with van der Waals surface area (Å²) in [4.78, 5) is 15.2. The molecule has 1 atom stereocenters. The predicted molar refractivity (Wildman–Crippen MR) is 117 cm³/mol. The van der Waals surface area contributed by atoms with Gasteiger partial charge in [-0.05, 0) is 71.6 Å². The van der Waals surface area contributed by atoms with Gasteiger partial charge in [-0.15, -0.1) is 0 Å². The molecule has 28 heavy (non-hydrogen) atoms. The highest BCUT2D eigenvalue weighted by Gasteiger charge is 2.23. The highest BCUT2D eigenvalue weighted by Crippen LogP contribution is 2.26. The number of benzene rings is 2. The van der Waals surface area contributed by atoms with Crippen LogP contribution >= 0.6 is 11.3 Å². The number of carbonyl (C=O) groups excluding carboxylic acids is 1. The summed E-state index contributed by atoms with van der Waals surface area (Å²) in [6, 6.07) is 20.6. The first-order chi connectivity index (χ1) is 13.8. The molecule has 1 saturated heterocycles. The number of amides is 1. The van der Waals surface area contributed by atoms with Gasteiger partial charge in [0.15, 0.2) is 0 Å². The van der Waals surface area contributed by atoms with E-state index in [0.717, 1.165) is 24.2 Å². The van der Waals surface area contributed by atoms with Gasteiger partial charge in [-0.1, -0.05) is 48.9 Å².